The maximum Gasteiger partial charge on any atom is 0.131 e. The molecular formula is C35H42FN5. The van der Waals surface area contributed by atoms with Gasteiger partial charge in [-0.3, -0.25) is 0 Å². The van der Waals surface area contributed by atoms with Gasteiger partial charge in [-0.2, -0.15) is 0 Å². The molecule has 0 N–H and O–H groups in total. The second-order valence-corrected chi connectivity index (χ2v) is 12.5. The standard InChI is InChI=1S/C19H19FN2.C16H23N3/c1-21(2)14-10-13-6-5-8-16-17(12-22(11-14)19(13)16)15-7-3-4-9-18(15)20;1-17(2)9-13-10-19-11-14(18(3)4)8-12-6-5-7-15(13)16(12)19/h3-9,12,14H,10-11H2,1-2H3;5-7,10,14H,8-9,11H2,1-4H3/t14-;/m0./s1. The summed E-state index contributed by atoms with van der Waals surface area (Å²) in [6, 6.07) is 21.3. The van der Waals surface area contributed by atoms with E-state index in [0.717, 1.165) is 43.4 Å². The number of rotatable bonds is 5. The van der Waals surface area contributed by atoms with Gasteiger partial charge in [-0.15, -0.1) is 0 Å². The molecule has 2 aliphatic heterocycles. The number of hydrogen-bond acceptors (Lipinski definition) is 3. The van der Waals surface area contributed by atoms with Crippen molar-refractivity contribution in [2.75, 3.05) is 42.3 Å². The summed E-state index contributed by atoms with van der Waals surface area (Å²) in [5.41, 5.74) is 8.69. The van der Waals surface area contributed by atoms with Crippen LogP contribution in [0.15, 0.2) is 73.1 Å². The Labute approximate surface area is 243 Å². The van der Waals surface area contributed by atoms with Gasteiger partial charge in [0.2, 0.25) is 0 Å². The number of aromatic nitrogens is 2. The number of nitrogens with zero attached hydrogens (tertiary/aromatic N) is 5. The van der Waals surface area contributed by atoms with Crippen LogP contribution in [0, 0.1) is 5.82 Å². The van der Waals surface area contributed by atoms with Crippen molar-refractivity contribution in [3.8, 4) is 11.1 Å². The summed E-state index contributed by atoms with van der Waals surface area (Å²) in [6.45, 7) is 3.07. The van der Waals surface area contributed by atoms with Crippen molar-refractivity contribution in [1.82, 2.24) is 23.8 Å². The number of benzene rings is 3. The molecule has 4 heterocycles. The highest BCUT2D eigenvalue weighted by molar-refractivity contribution is 5.98. The van der Waals surface area contributed by atoms with Crippen molar-refractivity contribution in [2.45, 2.75) is 44.6 Å². The van der Waals surface area contributed by atoms with Crippen molar-refractivity contribution in [3.63, 3.8) is 0 Å². The summed E-state index contributed by atoms with van der Waals surface area (Å²) in [6.07, 6.45) is 6.67. The summed E-state index contributed by atoms with van der Waals surface area (Å²) in [4.78, 5) is 6.85. The molecule has 5 aromatic rings. The van der Waals surface area contributed by atoms with E-state index in [2.05, 4.69) is 115 Å². The molecule has 214 valence electrons. The van der Waals surface area contributed by atoms with Crippen LogP contribution in [0.1, 0.15) is 16.7 Å². The SMILES string of the molecule is CN(C)Cc1cn2c3c(cccc13)CC(N(C)C)C2.CN(C)[C@H]1Cc2cccc3c(-c4ccccc4F)cn(c23)C1. The van der Waals surface area contributed by atoms with Crippen molar-refractivity contribution < 1.29 is 4.39 Å². The third kappa shape index (κ3) is 5.21. The first-order chi connectivity index (χ1) is 19.7. The maximum atomic E-state index is 14.2. The van der Waals surface area contributed by atoms with E-state index >= 15 is 0 Å². The van der Waals surface area contributed by atoms with Crippen molar-refractivity contribution in [1.29, 1.82) is 0 Å². The quantitative estimate of drug-likeness (QED) is 0.262. The molecule has 5 nitrogen and oxygen atoms in total. The highest BCUT2D eigenvalue weighted by Crippen LogP contribution is 2.37. The van der Waals surface area contributed by atoms with Crippen LogP contribution in [0.3, 0.4) is 0 Å². The molecule has 1 unspecified atom stereocenters. The molecule has 0 saturated heterocycles. The van der Waals surface area contributed by atoms with Gasteiger partial charge in [0.25, 0.3) is 0 Å². The minimum Gasteiger partial charge on any atom is -0.345 e. The largest absolute Gasteiger partial charge is 0.345 e. The highest BCUT2D eigenvalue weighted by Gasteiger charge is 2.25. The molecule has 0 radical (unpaired) electrons. The van der Waals surface area contributed by atoms with Gasteiger partial charge in [-0.05, 0) is 77.9 Å². The first-order valence-electron chi connectivity index (χ1n) is 14.6. The monoisotopic (exact) mass is 551 g/mol. The third-order valence-electron chi connectivity index (χ3n) is 8.88. The molecular weight excluding hydrogens is 509 g/mol. The van der Waals surface area contributed by atoms with Crippen molar-refractivity contribution in [2.24, 2.45) is 0 Å². The molecule has 2 aliphatic rings. The minimum atomic E-state index is -0.157. The first-order valence-corrected chi connectivity index (χ1v) is 14.6. The highest BCUT2D eigenvalue weighted by atomic mass is 19.1. The molecule has 41 heavy (non-hydrogen) atoms. The Morgan fingerprint density at radius 3 is 1.80 bits per heavy atom. The van der Waals surface area contributed by atoms with E-state index < -0.39 is 0 Å². The minimum absolute atomic E-state index is 0.157. The fourth-order valence-electron chi connectivity index (χ4n) is 6.71. The molecule has 0 fully saturated rings. The Morgan fingerprint density at radius 1 is 0.659 bits per heavy atom. The van der Waals surface area contributed by atoms with Crippen LogP contribution in [-0.4, -0.2) is 78.2 Å². The van der Waals surface area contributed by atoms with Crippen LogP contribution in [0.2, 0.25) is 0 Å². The summed E-state index contributed by atoms with van der Waals surface area (Å²) in [5.74, 6) is -0.157. The van der Waals surface area contributed by atoms with E-state index in [9.17, 15) is 4.39 Å². The molecule has 0 saturated carbocycles. The average Bonchev–Trinajstić information content (AvgIpc) is 3.49. The zero-order valence-corrected chi connectivity index (χ0v) is 25.2. The Morgan fingerprint density at radius 2 is 1.22 bits per heavy atom. The molecule has 0 amide bonds. The Balaban J connectivity index is 0.000000149. The molecule has 0 bridgehead atoms. The van der Waals surface area contributed by atoms with Gasteiger partial charge >= 0.3 is 0 Å². The predicted molar refractivity (Wildman–Crippen MR) is 169 cm³/mol. The molecule has 6 heteroatoms. The van der Waals surface area contributed by atoms with Gasteiger partial charge in [0.15, 0.2) is 0 Å². The van der Waals surface area contributed by atoms with Gasteiger partial charge in [0, 0.05) is 66.0 Å². The smallest absolute Gasteiger partial charge is 0.131 e. The second-order valence-electron chi connectivity index (χ2n) is 12.5. The first kappa shape index (κ1) is 27.7. The molecule has 2 aromatic heterocycles. The van der Waals surface area contributed by atoms with Crippen molar-refractivity contribution in [3.05, 3.63) is 95.6 Å². The van der Waals surface area contributed by atoms with Crippen LogP contribution in [-0.2, 0) is 32.5 Å². The lowest BCUT2D eigenvalue weighted by atomic mass is 9.97. The van der Waals surface area contributed by atoms with Crippen LogP contribution >= 0.6 is 0 Å². The van der Waals surface area contributed by atoms with Crippen molar-refractivity contribution >= 4 is 21.8 Å². The van der Waals surface area contributed by atoms with Gasteiger partial charge < -0.3 is 23.8 Å². The summed E-state index contributed by atoms with van der Waals surface area (Å²) in [5, 5.41) is 2.59. The van der Waals surface area contributed by atoms with E-state index in [1.165, 1.54) is 39.2 Å². The maximum absolute atomic E-state index is 14.2. The van der Waals surface area contributed by atoms with E-state index in [4.69, 9.17) is 0 Å². The molecule has 3 aromatic carbocycles. The van der Waals surface area contributed by atoms with Crippen LogP contribution in [0.4, 0.5) is 4.39 Å². The zero-order chi connectivity index (χ0) is 28.8. The second kappa shape index (κ2) is 11.1. The Kier molecular flexibility index (Phi) is 7.49. The fourth-order valence-corrected chi connectivity index (χ4v) is 6.71. The average molecular weight is 552 g/mol. The van der Waals surface area contributed by atoms with Gasteiger partial charge in [-0.25, -0.2) is 4.39 Å². The number of halogens is 1. The predicted octanol–water partition coefficient (Wildman–Crippen LogP) is 6.12. The summed E-state index contributed by atoms with van der Waals surface area (Å²) < 4.78 is 19.0. The molecule has 7 rings (SSSR count). The fraction of sp³-hybridized carbons (Fsp3) is 0.371. The van der Waals surface area contributed by atoms with Crippen LogP contribution in [0.5, 0.6) is 0 Å². The van der Waals surface area contributed by atoms with E-state index in [0.29, 0.717) is 17.6 Å². The lowest BCUT2D eigenvalue weighted by Crippen LogP contribution is -2.36. The zero-order valence-electron chi connectivity index (χ0n) is 25.2. The number of likely N-dealkylation sites (N-methyl/N-ethyl adjacent to an activating group) is 2. The van der Waals surface area contributed by atoms with Crippen LogP contribution in [0.25, 0.3) is 32.9 Å². The molecule has 2 atom stereocenters. The number of hydrogen-bond donors (Lipinski definition) is 0. The lowest BCUT2D eigenvalue weighted by molar-refractivity contribution is 0.258. The normalized spacial score (nSPS) is 18.0. The molecule has 0 spiro atoms. The Hall–Kier alpha value is -3.45. The number of para-hydroxylation sites is 2. The summed E-state index contributed by atoms with van der Waals surface area (Å²) in [7, 11) is 12.9. The molecule has 0 aliphatic carbocycles. The van der Waals surface area contributed by atoms with Gasteiger partial charge in [-0.1, -0.05) is 54.6 Å². The van der Waals surface area contributed by atoms with E-state index in [-0.39, 0.29) is 5.82 Å². The van der Waals surface area contributed by atoms with Gasteiger partial charge in [0.1, 0.15) is 5.82 Å². The summed E-state index contributed by atoms with van der Waals surface area (Å²) >= 11 is 0. The topological polar surface area (TPSA) is 19.6 Å². The van der Waals surface area contributed by atoms with Gasteiger partial charge in [0.05, 0.1) is 11.0 Å². The lowest BCUT2D eigenvalue weighted by Gasteiger charge is -2.29. The third-order valence-corrected chi connectivity index (χ3v) is 8.88. The van der Waals surface area contributed by atoms with E-state index in [1.54, 1.807) is 6.07 Å². The Bertz CT molecular complexity index is 1690. The van der Waals surface area contributed by atoms with E-state index in [1.807, 2.05) is 12.1 Å². The van der Waals surface area contributed by atoms with Crippen LogP contribution < -0.4 is 0 Å².